The van der Waals surface area contributed by atoms with Gasteiger partial charge >= 0.3 is 6.09 Å². The minimum absolute atomic E-state index is 0.0775. The van der Waals surface area contributed by atoms with Crippen molar-refractivity contribution >= 4 is 6.09 Å². The number of carbonyl (C=O) groups is 1. The molecular weight excluding hydrogens is 144 g/mol. The van der Waals surface area contributed by atoms with E-state index in [-0.39, 0.29) is 18.2 Å². The number of amides is 1. The number of carbonyl (C=O) groups excluding carboxylic acids is 1. The molecule has 1 aliphatic rings. The van der Waals surface area contributed by atoms with Crippen molar-refractivity contribution in [3.05, 3.63) is 0 Å². The topological polar surface area (TPSA) is 50.4 Å². The van der Waals surface area contributed by atoms with E-state index < -0.39 is 0 Å². The van der Waals surface area contributed by atoms with Crippen LogP contribution in [0.4, 0.5) is 4.79 Å². The minimum atomic E-state index is -0.313. The van der Waals surface area contributed by atoms with E-state index >= 15 is 0 Å². The van der Waals surface area contributed by atoms with Crippen molar-refractivity contribution in [2.75, 3.05) is 13.1 Å². The predicted molar refractivity (Wildman–Crippen MR) is 41.4 cm³/mol. The van der Waals surface area contributed by atoms with Gasteiger partial charge in [0.25, 0.3) is 0 Å². The van der Waals surface area contributed by atoms with Gasteiger partial charge in [-0.15, -0.1) is 0 Å². The first-order valence-corrected chi connectivity index (χ1v) is 3.86. The molecule has 4 heteroatoms. The number of rotatable bonds is 2. The van der Waals surface area contributed by atoms with E-state index in [1.165, 1.54) is 0 Å². The highest BCUT2D eigenvalue weighted by molar-refractivity contribution is 5.67. The zero-order chi connectivity index (χ0) is 8.27. The summed E-state index contributed by atoms with van der Waals surface area (Å²) in [6, 6.07) is 0.149. The molecule has 0 bridgehead atoms. The molecule has 0 aromatic carbocycles. The van der Waals surface area contributed by atoms with Crippen LogP contribution >= 0.6 is 0 Å². The maximum atomic E-state index is 10.9. The van der Waals surface area contributed by atoms with Gasteiger partial charge in [0.05, 0.1) is 0 Å². The lowest BCUT2D eigenvalue weighted by Crippen LogP contribution is -2.51. The fraction of sp³-hybridized carbons (Fsp3) is 0.857. The molecule has 64 valence electrons. The first-order valence-electron chi connectivity index (χ1n) is 3.86. The zero-order valence-electron chi connectivity index (χ0n) is 6.89. The summed E-state index contributed by atoms with van der Waals surface area (Å²) in [6.07, 6.45) is -0.236. The minimum Gasteiger partial charge on any atom is -0.444 e. The third kappa shape index (κ3) is 2.76. The molecule has 11 heavy (non-hydrogen) atoms. The summed E-state index contributed by atoms with van der Waals surface area (Å²) in [5.74, 6) is 0. The first kappa shape index (κ1) is 8.33. The summed E-state index contributed by atoms with van der Waals surface area (Å²) in [4.78, 5) is 10.9. The third-order valence-electron chi connectivity index (χ3n) is 1.42. The van der Waals surface area contributed by atoms with Gasteiger partial charge in [0.1, 0.15) is 6.10 Å². The quantitative estimate of drug-likeness (QED) is 0.599. The standard InChI is InChI=1S/C7H14N2O2/c1-5(2)9-7(10)11-6-3-8-4-6/h5-6,8H,3-4H2,1-2H3,(H,9,10). The van der Waals surface area contributed by atoms with Gasteiger partial charge in [-0.3, -0.25) is 0 Å². The summed E-state index contributed by atoms with van der Waals surface area (Å²) in [5, 5.41) is 5.67. The Bertz CT molecular complexity index is 143. The second-order valence-corrected chi connectivity index (χ2v) is 2.98. The molecule has 2 N–H and O–H groups in total. The molecule has 0 atom stereocenters. The van der Waals surface area contributed by atoms with E-state index in [4.69, 9.17) is 4.74 Å². The Morgan fingerprint density at radius 3 is 2.64 bits per heavy atom. The van der Waals surface area contributed by atoms with E-state index in [2.05, 4.69) is 10.6 Å². The summed E-state index contributed by atoms with van der Waals surface area (Å²) >= 11 is 0. The Kier molecular flexibility index (Phi) is 2.70. The van der Waals surface area contributed by atoms with Gasteiger partial charge in [-0.2, -0.15) is 0 Å². The molecule has 0 aromatic heterocycles. The molecule has 1 saturated heterocycles. The van der Waals surface area contributed by atoms with Crippen LogP contribution in [0.25, 0.3) is 0 Å². The first-order chi connectivity index (χ1) is 5.18. The van der Waals surface area contributed by atoms with Crippen LogP contribution in [0.1, 0.15) is 13.8 Å². The van der Waals surface area contributed by atoms with Gasteiger partial charge in [0.15, 0.2) is 0 Å². The van der Waals surface area contributed by atoms with E-state index in [1.807, 2.05) is 13.8 Å². The Labute approximate surface area is 66.3 Å². The van der Waals surface area contributed by atoms with Gasteiger partial charge < -0.3 is 15.4 Å². The number of hydrogen-bond acceptors (Lipinski definition) is 3. The van der Waals surface area contributed by atoms with E-state index in [9.17, 15) is 4.79 Å². The molecule has 0 aromatic rings. The van der Waals surface area contributed by atoms with Gasteiger partial charge in [-0.05, 0) is 13.8 Å². The highest BCUT2D eigenvalue weighted by atomic mass is 16.6. The molecule has 0 radical (unpaired) electrons. The maximum absolute atomic E-state index is 10.9. The van der Waals surface area contributed by atoms with Crippen molar-refractivity contribution in [3.8, 4) is 0 Å². The van der Waals surface area contributed by atoms with Crippen LogP contribution in [0.15, 0.2) is 0 Å². The van der Waals surface area contributed by atoms with Crippen LogP contribution in [0.2, 0.25) is 0 Å². The lowest BCUT2D eigenvalue weighted by atomic mass is 10.2. The largest absolute Gasteiger partial charge is 0.444 e. The Morgan fingerprint density at radius 2 is 2.27 bits per heavy atom. The second kappa shape index (κ2) is 3.57. The Balaban J connectivity index is 2.09. The summed E-state index contributed by atoms with van der Waals surface area (Å²) in [7, 11) is 0. The van der Waals surface area contributed by atoms with Gasteiger partial charge in [0.2, 0.25) is 0 Å². The molecule has 1 amide bonds. The second-order valence-electron chi connectivity index (χ2n) is 2.98. The SMILES string of the molecule is CC(C)NC(=O)OC1CNC1. The lowest BCUT2D eigenvalue weighted by Gasteiger charge is -2.27. The number of nitrogens with one attached hydrogen (secondary N) is 2. The van der Waals surface area contributed by atoms with Gasteiger partial charge in [-0.1, -0.05) is 0 Å². The van der Waals surface area contributed by atoms with Crippen LogP contribution in [0, 0.1) is 0 Å². The molecule has 1 aliphatic heterocycles. The van der Waals surface area contributed by atoms with Crippen LogP contribution in [0.5, 0.6) is 0 Å². The summed E-state index contributed by atoms with van der Waals surface area (Å²) < 4.78 is 4.98. The Morgan fingerprint density at radius 1 is 1.64 bits per heavy atom. The number of ether oxygens (including phenoxy) is 1. The van der Waals surface area contributed by atoms with Crippen LogP contribution in [-0.4, -0.2) is 31.3 Å². The van der Waals surface area contributed by atoms with E-state index in [0.29, 0.717) is 0 Å². The fourth-order valence-corrected chi connectivity index (χ4v) is 0.767. The van der Waals surface area contributed by atoms with Crippen molar-refractivity contribution < 1.29 is 9.53 Å². The molecular formula is C7H14N2O2. The predicted octanol–water partition coefficient (Wildman–Crippen LogP) is 0.0928. The highest BCUT2D eigenvalue weighted by Gasteiger charge is 2.20. The van der Waals surface area contributed by atoms with Crippen molar-refractivity contribution in [2.45, 2.75) is 26.0 Å². The molecule has 1 fully saturated rings. The molecule has 1 rings (SSSR count). The Hall–Kier alpha value is -0.770. The summed E-state index contributed by atoms with van der Waals surface area (Å²) in [6.45, 7) is 5.37. The third-order valence-corrected chi connectivity index (χ3v) is 1.42. The van der Waals surface area contributed by atoms with Crippen molar-refractivity contribution in [3.63, 3.8) is 0 Å². The average Bonchev–Trinajstić information content (AvgIpc) is 1.77. The zero-order valence-corrected chi connectivity index (χ0v) is 6.89. The van der Waals surface area contributed by atoms with Crippen molar-refractivity contribution in [2.24, 2.45) is 0 Å². The van der Waals surface area contributed by atoms with E-state index in [1.54, 1.807) is 0 Å². The fourth-order valence-electron chi connectivity index (χ4n) is 0.767. The molecule has 0 unspecified atom stereocenters. The smallest absolute Gasteiger partial charge is 0.407 e. The van der Waals surface area contributed by atoms with Crippen molar-refractivity contribution in [1.82, 2.24) is 10.6 Å². The van der Waals surface area contributed by atoms with Crippen molar-refractivity contribution in [1.29, 1.82) is 0 Å². The highest BCUT2D eigenvalue weighted by Crippen LogP contribution is 1.98. The summed E-state index contributed by atoms with van der Waals surface area (Å²) in [5.41, 5.74) is 0. The van der Waals surface area contributed by atoms with Gasteiger partial charge in [0, 0.05) is 19.1 Å². The maximum Gasteiger partial charge on any atom is 0.407 e. The monoisotopic (exact) mass is 158 g/mol. The molecule has 1 heterocycles. The molecule has 4 nitrogen and oxygen atoms in total. The number of alkyl carbamates (subject to hydrolysis) is 1. The van der Waals surface area contributed by atoms with Crippen LogP contribution < -0.4 is 10.6 Å². The van der Waals surface area contributed by atoms with Crippen LogP contribution in [0.3, 0.4) is 0 Å². The van der Waals surface area contributed by atoms with Gasteiger partial charge in [-0.25, -0.2) is 4.79 Å². The number of hydrogen-bond donors (Lipinski definition) is 2. The molecule has 0 saturated carbocycles. The van der Waals surface area contributed by atoms with E-state index in [0.717, 1.165) is 13.1 Å². The van der Waals surface area contributed by atoms with Crippen LogP contribution in [-0.2, 0) is 4.74 Å². The molecule has 0 aliphatic carbocycles. The molecule has 0 spiro atoms. The lowest BCUT2D eigenvalue weighted by molar-refractivity contribution is 0.0656. The average molecular weight is 158 g/mol. The normalized spacial score (nSPS) is 17.7.